The first-order valence-corrected chi connectivity index (χ1v) is 7.00. The lowest BCUT2D eigenvalue weighted by atomic mass is 10.0. The van der Waals surface area contributed by atoms with Gasteiger partial charge in [-0.1, -0.05) is 48.0 Å². The van der Waals surface area contributed by atoms with E-state index in [4.69, 9.17) is 11.6 Å². The van der Waals surface area contributed by atoms with E-state index in [0.29, 0.717) is 0 Å². The fourth-order valence-corrected chi connectivity index (χ4v) is 2.58. The van der Waals surface area contributed by atoms with Crippen molar-refractivity contribution in [3.63, 3.8) is 0 Å². The topological polar surface area (TPSA) is 12.9 Å². The van der Waals surface area contributed by atoms with Gasteiger partial charge in [-0.25, -0.2) is 0 Å². The van der Waals surface area contributed by atoms with Crippen molar-refractivity contribution in [3.8, 4) is 11.1 Å². The molecule has 0 atom stereocenters. The number of hydrogen-bond donors (Lipinski definition) is 0. The van der Waals surface area contributed by atoms with Crippen LogP contribution in [0.5, 0.6) is 0 Å². The second kappa shape index (κ2) is 4.86. The highest BCUT2D eigenvalue weighted by Gasteiger charge is 2.06. The van der Waals surface area contributed by atoms with Crippen molar-refractivity contribution in [1.29, 1.82) is 0 Å². The third-order valence-electron chi connectivity index (χ3n) is 2.87. The molecule has 0 N–H and O–H groups in total. The van der Waals surface area contributed by atoms with Gasteiger partial charge >= 0.3 is 0 Å². The Bertz CT molecular complexity index is 710. The lowest BCUT2D eigenvalue weighted by Gasteiger charge is -2.06. The molecule has 0 saturated heterocycles. The maximum atomic E-state index is 6.34. The summed E-state index contributed by atoms with van der Waals surface area (Å²) in [4.78, 5) is 4.38. The van der Waals surface area contributed by atoms with Crippen molar-refractivity contribution in [1.82, 2.24) is 4.98 Å². The SMILES string of the molecule is Clc1c(I)cnc2ccc(-c3ccccc3)cc12. The minimum Gasteiger partial charge on any atom is -0.255 e. The van der Waals surface area contributed by atoms with Crippen molar-refractivity contribution >= 4 is 45.1 Å². The lowest BCUT2D eigenvalue weighted by Crippen LogP contribution is -1.85. The molecule has 0 spiro atoms. The highest BCUT2D eigenvalue weighted by Crippen LogP contribution is 2.30. The first-order chi connectivity index (χ1) is 8.75. The molecule has 0 unspecified atom stereocenters. The average Bonchev–Trinajstić information content (AvgIpc) is 2.44. The number of fused-ring (bicyclic) bond motifs is 1. The summed E-state index contributed by atoms with van der Waals surface area (Å²) in [7, 11) is 0. The Morgan fingerprint density at radius 2 is 1.72 bits per heavy atom. The maximum Gasteiger partial charge on any atom is 0.0718 e. The number of nitrogens with zero attached hydrogens (tertiary/aromatic N) is 1. The second-order valence-electron chi connectivity index (χ2n) is 4.02. The Morgan fingerprint density at radius 3 is 2.50 bits per heavy atom. The molecule has 88 valence electrons. The molecule has 2 aromatic carbocycles. The molecule has 0 aliphatic rings. The van der Waals surface area contributed by atoms with Crippen LogP contribution in [-0.2, 0) is 0 Å². The van der Waals surface area contributed by atoms with Crippen LogP contribution in [0.25, 0.3) is 22.0 Å². The minimum atomic E-state index is 0.776. The van der Waals surface area contributed by atoms with Crippen LogP contribution in [0, 0.1) is 3.57 Å². The normalized spacial score (nSPS) is 10.8. The lowest BCUT2D eigenvalue weighted by molar-refractivity contribution is 1.39. The quantitative estimate of drug-likeness (QED) is 0.543. The van der Waals surface area contributed by atoms with Crippen molar-refractivity contribution in [2.45, 2.75) is 0 Å². The van der Waals surface area contributed by atoms with Gasteiger partial charge < -0.3 is 0 Å². The third-order valence-corrected chi connectivity index (χ3v) is 4.41. The highest BCUT2D eigenvalue weighted by molar-refractivity contribution is 14.1. The second-order valence-corrected chi connectivity index (χ2v) is 5.56. The van der Waals surface area contributed by atoms with Gasteiger partial charge in [-0.3, -0.25) is 4.98 Å². The minimum absolute atomic E-state index is 0.776. The standard InChI is InChI=1S/C15H9ClIN/c16-15-12-8-11(10-4-2-1-3-5-10)6-7-14(12)18-9-13(15)17/h1-9H. The monoisotopic (exact) mass is 365 g/mol. The zero-order valence-electron chi connectivity index (χ0n) is 9.40. The summed E-state index contributed by atoms with van der Waals surface area (Å²) in [6, 6.07) is 16.5. The summed E-state index contributed by atoms with van der Waals surface area (Å²) in [5.41, 5.74) is 3.28. The average molecular weight is 366 g/mol. The van der Waals surface area contributed by atoms with Crippen LogP contribution >= 0.6 is 34.2 Å². The summed E-state index contributed by atoms with van der Waals surface area (Å²) in [5.74, 6) is 0. The molecule has 1 aromatic heterocycles. The Labute approximate surface area is 124 Å². The fourth-order valence-electron chi connectivity index (χ4n) is 1.95. The van der Waals surface area contributed by atoms with Gasteiger partial charge in [0.1, 0.15) is 0 Å². The van der Waals surface area contributed by atoms with Crippen LogP contribution in [-0.4, -0.2) is 4.98 Å². The Balaban J connectivity index is 2.25. The predicted octanol–water partition coefficient (Wildman–Crippen LogP) is 5.16. The summed E-state index contributed by atoms with van der Waals surface area (Å²) in [5, 5.41) is 1.78. The van der Waals surface area contributed by atoms with Crippen molar-refractivity contribution in [2.24, 2.45) is 0 Å². The van der Waals surface area contributed by atoms with E-state index in [0.717, 1.165) is 25.1 Å². The predicted molar refractivity (Wildman–Crippen MR) is 84.9 cm³/mol. The number of aromatic nitrogens is 1. The largest absolute Gasteiger partial charge is 0.255 e. The van der Waals surface area contributed by atoms with Gasteiger partial charge in [-0.15, -0.1) is 0 Å². The van der Waals surface area contributed by atoms with Gasteiger partial charge in [0.15, 0.2) is 0 Å². The molecule has 1 heterocycles. The van der Waals surface area contributed by atoms with Gasteiger partial charge in [0, 0.05) is 11.6 Å². The molecule has 1 nitrogen and oxygen atoms in total. The van der Waals surface area contributed by atoms with E-state index < -0.39 is 0 Å². The smallest absolute Gasteiger partial charge is 0.0718 e. The fraction of sp³-hybridized carbons (Fsp3) is 0. The Kier molecular flexibility index (Phi) is 3.22. The van der Waals surface area contributed by atoms with Gasteiger partial charge in [0.05, 0.1) is 14.1 Å². The molecule has 0 aliphatic heterocycles. The zero-order chi connectivity index (χ0) is 12.5. The van der Waals surface area contributed by atoms with Crippen LogP contribution in [0.4, 0.5) is 0 Å². The molecule has 0 amide bonds. The first kappa shape index (κ1) is 11.9. The van der Waals surface area contributed by atoms with Crippen LogP contribution in [0.1, 0.15) is 0 Å². The number of hydrogen-bond acceptors (Lipinski definition) is 1. The molecule has 0 fully saturated rings. The summed E-state index contributed by atoms with van der Waals surface area (Å²) in [6.45, 7) is 0. The van der Waals surface area contributed by atoms with Crippen molar-refractivity contribution < 1.29 is 0 Å². The molecule has 3 rings (SSSR count). The van der Waals surface area contributed by atoms with Crippen LogP contribution < -0.4 is 0 Å². The van der Waals surface area contributed by atoms with Gasteiger partial charge in [-0.2, -0.15) is 0 Å². The molecule has 18 heavy (non-hydrogen) atoms. The van der Waals surface area contributed by atoms with Crippen molar-refractivity contribution in [2.75, 3.05) is 0 Å². The summed E-state index contributed by atoms with van der Waals surface area (Å²) < 4.78 is 0.979. The van der Waals surface area contributed by atoms with Gasteiger partial charge in [0.25, 0.3) is 0 Å². The van der Waals surface area contributed by atoms with Gasteiger partial charge in [-0.05, 0) is 45.9 Å². The summed E-state index contributed by atoms with van der Waals surface area (Å²) >= 11 is 8.54. The third kappa shape index (κ3) is 2.10. The molecular weight excluding hydrogens is 357 g/mol. The number of pyridine rings is 1. The highest BCUT2D eigenvalue weighted by atomic mass is 127. The number of halogens is 2. The number of rotatable bonds is 1. The number of benzene rings is 2. The molecule has 0 aliphatic carbocycles. The molecule has 3 aromatic rings. The van der Waals surface area contributed by atoms with E-state index in [1.54, 1.807) is 6.20 Å². The van der Waals surface area contributed by atoms with Crippen LogP contribution in [0.2, 0.25) is 5.02 Å². The van der Waals surface area contributed by atoms with E-state index in [1.807, 2.05) is 24.3 Å². The van der Waals surface area contributed by atoms with E-state index in [9.17, 15) is 0 Å². The van der Waals surface area contributed by atoms with Crippen LogP contribution in [0.3, 0.4) is 0 Å². The van der Waals surface area contributed by atoms with E-state index in [-0.39, 0.29) is 0 Å². The van der Waals surface area contributed by atoms with E-state index in [1.165, 1.54) is 5.56 Å². The molecular formula is C15H9ClIN. The first-order valence-electron chi connectivity index (χ1n) is 5.55. The Hall–Kier alpha value is -1.13. The summed E-state index contributed by atoms with van der Waals surface area (Å²) in [6.07, 6.45) is 1.80. The van der Waals surface area contributed by atoms with Crippen molar-refractivity contribution in [3.05, 3.63) is 63.3 Å². The van der Waals surface area contributed by atoms with E-state index >= 15 is 0 Å². The zero-order valence-corrected chi connectivity index (χ0v) is 12.3. The van der Waals surface area contributed by atoms with E-state index in [2.05, 4.69) is 51.8 Å². The molecule has 0 bridgehead atoms. The van der Waals surface area contributed by atoms with Crippen LogP contribution in [0.15, 0.2) is 54.7 Å². The maximum absolute atomic E-state index is 6.34. The molecule has 3 heteroatoms. The molecule has 0 radical (unpaired) electrons. The van der Waals surface area contributed by atoms with Gasteiger partial charge in [0.2, 0.25) is 0 Å². The molecule has 0 saturated carbocycles. The Morgan fingerprint density at radius 1 is 0.944 bits per heavy atom.